The fraction of sp³-hybridized carbons (Fsp3) is 0. The zero-order chi connectivity index (χ0) is 16.6. The molecule has 0 amide bonds. The molecule has 1 aromatic heterocycles. The van der Waals surface area contributed by atoms with Gasteiger partial charge in [0.05, 0.1) is 0 Å². The van der Waals surface area contributed by atoms with E-state index >= 15 is 0 Å². The van der Waals surface area contributed by atoms with Crippen molar-refractivity contribution >= 4 is 16.6 Å². The highest BCUT2D eigenvalue weighted by atomic mass is 16.3. The number of fused-ring (bicyclic) bond motifs is 1. The number of nitrogens with two attached hydrogens (primary N) is 1. The van der Waals surface area contributed by atoms with Crippen LogP contribution in [0.15, 0.2) is 41.2 Å². The Bertz CT molecular complexity index is 1080. The van der Waals surface area contributed by atoms with Crippen LogP contribution in [0, 0.1) is 22.7 Å². The number of aromatic hydroxyl groups is 1. The van der Waals surface area contributed by atoms with Gasteiger partial charge in [0.2, 0.25) is 0 Å². The van der Waals surface area contributed by atoms with Crippen LogP contribution in [0.5, 0.6) is 5.75 Å². The third kappa shape index (κ3) is 2.06. The normalized spacial score (nSPS) is 10.2. The fourth-order valence-corrected chi connectivity index (χ4v) is 2.62. The number of H-pyrrole nitrogens is 1. The van der Waals surface area contributed by atoms with Gasteiger partial charge in [0, 0.05) is 11.1 Å². The molecular formula is C17H10N4O2. The Hall–Kier alpha value is -3.77. The van der Waals surface area contributed by atoms with Gasteiger partial charge in [-0.15, -0.1) is 0 Å². The molecule has 0 spiro atoms. The summed E-state index contributed by atoms with van der Waals surface area (Å²) in [6, 6.07) is 14.0. The second-order valence-corrected chi connectivity index (χ2v) is 4.90. The first-order chi connectivity index (χ1) is 11.1. The predicted octanol–water partition coefficient (Wildman–Crippen LogP) is 2.23. The lowest BCUT2D eigenvalue weighted by Gasteiger charge is -2.13. The van der Waals surface area contributed by atoms with Gasteiger partial charge in [0.25, 0.3) is 5.56 Å². The van der Waals surface area contributed by atoms with Crippen LogP contribution in [0.1, 0.15) is 11.1 Å². The topological polar surface area (TPSA) is 127 Å². The highest BCUT2D eigenvalue weighted by Crippen LogP contribution is 2.39. The molecule has 3 aromatic rings. The molecule has 23 heavy (non-hydrogen) atoms. The highest BCUT2D eigenvalue weighted by Gasteiger charge is 2.22. The maximum absolute atomic E-state index is 12.0. The van der Waals surface area contributed by atoms with Crippen LogP contribution in [0.2, 0.25) is 0 Å². The summed E-state index contributed by atoms with van der Waals surface area (Å²) in [5.74, 6) is -0.277. The minimum atomic E-state index is -0.702. The average molecular weight is 302 g/mol. The van der Waals surface area contributed by atoms with Crippen LogP contribution in [0.4, 0.5) is 5.82 Å². The number of nitrogens with zero attached hydrogens (tertiary/aromatic N) is 2. The second kappa shape index (κ2) is 5.21. The third-order valence-corrected chi connectivity index (χ3v) is 3.63. The molecule has 0 saturated heterocycles. The second-order valence-electron chi connectivity index (χ2n) is 4.90. The molecule has 0 radical (unpaired) electrons. The van der Waals surface area contributed by atoms with Crippen molar-refractivity contribution in [3.05, 3.63) is 57.9 Å². The van der Waals surface area contributed by atoms with Gasteiger partial charge in [0.15, 0.2) is 0 Å². The van der Waals surface area contributed by atoms with Crippen LogP contribution in [-0.2, 0) is 0 Å². The first kappa shape index (κ1) is 14.2. The number of aromatic amines is 1. The lowest BCUT2D eigenvalue weighted by molar-refractivity contribution is 0.478. The Balaban J connectivity index is 2.60. The Morgan fingerprint density at radius 1 is 1.00 bits per heavy atom. The molecule has 0 saturated carbocycles. The first-order valence-corrected chi connectivity index (χ1v) is 6.65. The predicted molar refractivity (Wildman–Crippen MR) is 85.5 cm³/mol. The standard InChI is InChI=1S/C17H10N4O2/c18-7-11-14(12(8-19)17(23)21-16(11)20)15-10-4-2-1-3-9(10)5-6-13(15)22/h1-6,22H,(H3,20,21,23). The van der Waals surface area contributed by atoms with E-state index in [9.17, 15) is 20.4 Å². The maximum Gasteiger partial charge on any atom is 0.268 e. The van der Waals surface area contributed by atoms with Crippen LogP contribution >= 0.6 is 0 Å². The van der Waals surface area contributed by atoms with Gasteiger partial charge >= 0.3 is 0 Å². The van der Waals surface area contributed by atoms with Gasteiger partial charge in [-0.25, -0.2) is 0 Å². The Morgan fingerprint density at radius 3 is 2.39 bits per heavy atom. The van der Waals surface area contributed by atoms with E-state index in [2.05, 4.69) is 4.98 Å². The van der Waals surface area contributed by atoms with Crippen molar-refractivity contribution in [3.63, 3.8) is 0 Å². The molecule has 6 nitrogen and oxygen atoms in total. The number of nitriles is 2. The molecule has 0 bridgehead atoms. The van der Waals surface area contributed by atoms with Crippen LogP contribution in [-0.4, -0.2) is 10.1 Å². The molecule has 0 unspecified atom stereocenters. The van der Waals surface area contributed by atoms with E-state index < -0.39 is 5.56 Å². The van der Waals surface area contributed by atoms with Crippen molar-refractivity contribution in [3.8, 4) is 29.0 Å². The zero-order valence-corrected chi connectivity index (χ0v) is 11.8. The van der Waals surface area contributed by atoms with Gasteiger partial charge in [-0.1, -0.05) is 30.3 Å². The van der Waals surface area contributed by atoms with E-state index in [0.29, 0.717) is 5.39 Å². The lowest BCUT2D eigenvalue weighted by atomic mass is 9.91. The van der Waals surface area contributed by atoms with Crippen molar-refractivity contribution < 1.29 is 5.11 Å². The molecule has 0 aliphatic carbocycles. The minimum Gasteiger partial charge on any atom is -0.507 e. The number of benzene rings is 2. The summed E-state index contributed by atoms with van der Waals surface area (Å²) in [6.45, 7) is 0. The summed E-state index contributed by atoms with van der Waals surface area (Å²) < 4.78 is 0. The fourth-order valence-electron chi connectivity index (χ4n) is 2.62. The molecule has 2 aromatic carbocycles. The van der Waals surface area contributed by atoms with Crippen LogP contribution < -0.4 is 11.3 Å². The smallest absolute Gasteiger partial charge is 0.268 e. The maximum atomic E-state index is 12.0. The number of hydrogen-bond donors (Lipinski definition) is 3. The van der Waals surface area contributed by atoms with Crippen molar-refractivity contribution in [2.75, 3.05) is 5.73 Å². The summed E-state index contributed by atoms with van der Waals surface area (Å²) in [6.07, 6.45) is 0. The van der Waals surface area contributed by atoms with E-state index in [1.54, 1.807) is 24.3 Å². The summed E-state index contributed by atoms with van der Waals surface area (Å²) in [7, 11) is 0. The molecule has 4 N–H and O–H groups in total. The summed E-state index contributed by atoms with van der Waals surface area (Å²) in [5, 5.41) is 30.4. The zero-order valence-electron chi connectivity index (χ0n) is 11.8. The Labute approximate surface area is 130 Å². The number of nitrogen functional groups attached to an aromatic ring is 1. The Kier molecular flexibility index (Phi) is 3.21. The van der Waals surface area contributed by atoms with Crippen molar-refractivity contribution in [2.24, 2.45) is 0 Å². The first-order valence-electron chi connectivity index (χ1n) is 6.65. The number of phenols is 1. The summed E-state index contributed by atoms with van der Waals surface area (Å²) in [5.41, 5.74) is 5.00. The number of pyridine rings is 1. The van der Waals surface area contributed by atoms with Gasteiger partial charge in [-0.05, 0) is 16.8 Å². The number of anilines is 1. The number of nitrogens with one attached hydrogen (secondary N) is 1. The molecule has 3 rings (SSSR count). The van der Waals surface area contributed by atoms with Crippen molar-refractivity contribution in [1.29, 1.82) is 10.5 Å². The van der Waals surface area contributed by atoms with Gasteiger partial charge in [-0.2, -0.15) is 10.5 Å². The largest absolute Gasteiger partial charge is 0.507 e. The lowest BCUT2D eigenvalue weighted by Crippen LogP contribution is -2.16. The van der Waals surface area contributed by atoms with Crippen molar-refractivity contribution in [1.82, 2.24) is 4.98 Å². The molecule has 110 valence electrons. The monoisotopic (exact) mass is 302 g/mol. The molecule has 6 heteroatoms. The van der Waals surface area contributed by atoms with E-state index in [0.717, 1.165) is 5.39 Å². The number of hydrogen-bond acceptors (Lipinski definition) is 5. The van der Waals surface area contributed by atoms with Crippen LogP contribution in [0.3, 0.4) is 0 Å². The van der Waals surface area contributed by atoms with Gasteiger partial charge in [0.1, 0.15) is 34.8 Å². The van der Waals surface area contributed by atoms with Crippen LogP contribution in [0.25, 0.3) is 21.9 Å². The van der Waals surface area contributed by atoms with Gasteiger partial charge in [-0.3, -0.25) is 4.79 Å². The summed E-state index contributed by atoms with van der Waals surface area (Å²) in [4.78, 5) is 14.3. The van der Waals surface area contributed by atoms with E-state index in [1.165, 1.54) is 6.07 Å². The number of phenolic OH excluding ortho intramolecular Hbond substituents is 1. The van der Waals surface area contributed by atoms with Gasteiger partial charge < -0.3 is 15.8 Å². The molecule has 0 aliphatic heterocycles. The average Bonchev–Trinajstić information content (AvgIpc) is 2.54. The highest BCUT2D eigenvalue weighted by molar-refractivity contribution is 6.02. The molecule has 1 heterocycles. The van der Waals surface area contributed by atoms with E-state index in [1.807, 2.05) is 18.2 Å². The third-order valence-electron chi connectivity index (χ3n) is 3.63. The molecule has 0 aliphatic rings. The van der Waals surface area contributed by atoms with Crippen molar-refractivity contribution in [2.45, 2.75) is 0 Å². The molecule has 0 fully saturated rings. The van der Waals surface area contributed by atoms with E-state index in [-0.39, 0.29) is 33.8 Å². The number of rotatable bonds is 1. The minimum absolute atomic E-state index is 0.0468. The molecule has 0 atom stereocenters. The quantitative estimate of drug-likeness (QED) is 0.635. The Morgan fingerprint density at radius 2 is 1.70 bits per heavy atom. The van der Waals surface area contributed by atoms with E-state index in [4.69, 9.17) is 5.73 Å². The number of aromatic nitrogens is 1. The SMILES string of the molecule is N#Cc1c(N)[nH]c(=O)c(C#N)c1-c1c(O)ccc2ccccc12. The summed E-state index contributed by atoms with van der Waals surface area (Å²) >= 11 is 0. The molecular weight excluding hydrogens is 292 g/mol.